The topological polar surface area (TPSA) is 75.2 Å². The minimum Gasteiger partial charge on any atom is -0.497 e. The van der Waals surface area contributed by atoms with E-state index in [1.807, 2.05) is 66.2 Å². The number of ether oxygens (including phenoxy) is 2. The molecule has 0 aliphatic carbocycles. The second kappa shape index (κ2) is 7.18. The second-order valence-electron chi connectivity index (χ2n) is 7.01. The first kappa shape index (κ1) is 17.6. The van der Waals surface area contributed by atoms with E-state index in [4.69, 9.17) is 14.0 Å². The number of rotatable bonds is 4. The molecule has 1 aliphatic rings. The van der Waals surface area contributed by atoms with Crippen LogP contribution in [0.1, 0.15) is 22.9 Å². The quantitative estimate of drug-likeness (QED) is 0.522. The fourth-order valence-electron chi connectivity index (χ4n) is 3.51. The van der Waals surface area contributed by atoms with Crippen molar-refractivity contribution in [1.29, 1.82) is 0 Å². The van der Waals surface area contributed by atoms with Crippen molar-refractivity contribution in [2.45, 2.75) is 26.2 Å². The Morgan fingerprint density at radius 1 is 1.10 bits per heavy atom. The largest absolute Gasteiger partial charge is 0.497 e. The predicted molar refractivity (Wildman–Crippen MR) is 106 cm³/mol. The Morgan fingerprint density at radius 2 is 1.93 bits per heavy atom. The Balaban J connectivity index is 1.39. The number of hydrogen-bond donors (Lipinski definition) is 0. The van der Waals surface area contributed by atoms with Crippen molar-refractivity contribution in [1.82, 2.24) is 19.9 Å². The third-order valence-corrected chi connectivity index (χ3v) is 5.15. The van der Waals surface area contributed by atoms with Crippen molar-refractivity contribution in [3.05, 3.63) is 71.4 Å². The molecule has 1 aliphatic heterocycles. The molecule has 1 unspecified atom stereocenters. The van der Waals surface area contributed by atoms with E-state index in [1.54, 1.807) is 7.11 Å². The van der Waals surface area contributed by atoms with Gasteiger partial charge in [-0.15, -0.1) is 0 Å². The summed E-state index contributed by atoms with van der Waals surface area (Å²) in [6.45, 7) is 3.13. The lowest BCUT2D eigenvalue weighted by molar-refractivity contribution is -0.00115. The van der Waals surface area contributed by atoms with Gasteiger partial charge in [0.2, 0.25) is 5.82 Å². The second-order valence-corrected chi connectivity index (χ2v) is 7.01. The molecule has 29 heavy (non-hydrogen) atoms. The minimum absolute atomic E-state index is 0.0635. The number of benzene rings is 2. The van der Waals surface area contributed by atoms with E-state index < -0.39 is 0 Å². The number of methoxy groups -OCH3 is 1. The third kappa shape index (κ3) is 3.30. The molecule has 146 valence electrons. The van der Waals surface area contributed by atoms with Crippen LogP contribution in [0, 0.1) is 6.92 Å². The van der Waals surface area contributed by atoms with E-state index in [2.05, 4.69) is 15.2 Å². The number of aryl methyl sites for hydroxylation is 1. The van der Waals surface area contributed by atoms with E-state index >= 15 is 0 Å². The van der Waals surface area contributed by atoms with Crippen LogP contribution in [0.15, 0.2) is 59.1 Å². The Morgan fingerprint density at radius 3 is 2.72 bits per heavy atom. The molecule has 0 bridgehead atoms. The summed E-state index contributed by atoms with van der Waals surface area (Å²) in [6, 6.07) is 17.8. The van der Waals surface area contributed by atoms with Crippen molar-refractivity contribution in [2.24, 2.45) is 0 Å². The summed E-state index contributed by atoms with van der Waals surface area (Å²) >= 11 is 0. The van der Waals surface area contributed by atoms with Crippen LogP contribution in [0.4, 0.5) is 0 Å². The number of hydrogen-bond acceptors (Lipinski definition) is 6. The van der Waals surface area contributed by atoms with Crippen LogP contribution in [0.25, 0.3) is 23.0 Å². The summed E-state index contributed by atoms with van der Waals surface area (Å²) in [5, 5.41) is 8.81. The molecule has 0 N–H and O–H groups in total. The average molecular weight is 388 g/mol. The molecule has 2 aromatic heterocycles. The molecule has 5 rings (SSSR count). The van der Waals surface area contributed by atoms with Crippen molar-refractivity contribution in [2.75, 3.05) is 7.11 Å². The lowest BCUT2D eigenvalue weighted by Crippen LogP contribution is -2.21. The van der Waals surface area contributed by atoms with Gasteiger partial charge in [-0.2, -0.15) is 10.1 Å². The average Bonchev–Trinajstić information content (AvgIpc) is 3.40. The van der Waals surface area contributed by atoms with Crippen LogP contribution >= 0.6 is 0 Å². The molecular weight excluding hydrogens is 368 g/mol. The van der Waals surface area contributed by atoms with Crippen molar-refractivity contribution in [3.63, 3.8) is 0 Å². The fraction of sp³-hybridized carbons (Fsp3) is 0.227. The van der Waals surface area contributed by atoms with Crippen LogP contribution in [-0.2, 0) is 17.9 Å². The van der Waals surface area contributed by atoms with E-state index in [0.29, 0.717) is 30.6 Å². The monoisotopic (exact) mass is 388 g/mol. The molecule has 1 atom stereocenters. The highest BCUT2D eigenvalue weighted by Crippen LogP contribution is 2.30. The van der Waals surface area contributed by atoms with Crippen LogP contribution in [0.3, 0.4) is 0 Å². The Labute approximate surface area is 167 Å². The van der Waals surface area contributed by atoms with Gasteiger partial charge in [-0.25, -0.2) is 0 Å². The third-order valence-electron chi connectivity index (χ3n) is 5.15. The Bertz CT molecular complexity index is 1150. The zero-order valence-corrected chi connectivity index (χ0v) is 16.2. The van der Waals surface area contributed by atoms with Gasteiger partial charge >= 0.3 is 0 Å². The highest BCUT2D eigenvalue weighted by atomic mass is 16.5. The molecule has 4 aromatic rings. The predicted octanol–water partition coefficient (Wildman–Crippen LogP) is 4.19. The molecule has 0 spiro atoms. The van der Waals surface area contributed by atoms with Gasteiger partial charge in [0.05, 0.1) is 26.0 Å². The van der Waals surface area contributed by atoms with Crippen LogP contribution in [0.5, 0.6) is 5.75 Å². The molecule has 0 radical (unpaired) electrons. The summed E-state index contributed by atoms with van der Waals surface area (Å²) in [6.07, 6.45) is -0.0635. The molecule has 0 fully saturated rings. The summed E-state index contributed by atoms with van der Waals surface area (Å²) in [5.74, 6) is 1.80. The summed E-state index contributed by atoms with van der Waals surface area (Å²) < 4.78 is 18.7. The van der Waals surface area contributed by atoms with E-state index in [9.17, 15) is 0 Å². The van der Waals surface area contributed by atoms with Gasteiger partial charge in [0, 0.05) is 5.56 Å². The summed E-state index contributed by atoms with van der Waals surface area (Å²) in [5.41, 5.74) is 4.79. The Kier molecular flexibility index (Phi) is 4.37. The van der Waals surface area contributed by atoms with Gasteiger partial charge in [-0.3, -0.25) is 4.68 Å². The van der Waals surface area contributed by atoms with Crippen molar-refractivity contribution < 1.29 is 14.0 Å². The van der Waals surface area contributed by atoms with Gasteiger partial charge in [-0.1, -0.05) is 41.6 Å². The van der Waals surface area contributed by atoms with E-state index in [0.717, 1.165) is 28.1 Å². The lowest BCUT2D eigenvalue weighted by Gasteiger charge is -2.24. The van der Waals surface area contributed by atoms with Crippen LogP contribution < -0.4 is 4.74 Å². The maximum atomic E-state index is 6.04. The van der Waals surface area contributed by atoms with Gasteiger partial charge in [0.15, 0.2) is 5.69 Å². The molecule has 3 heterocycles. The summed E-state index contributed by atoms with van der Waals surface area (Å²) in [7, 11) is 1.66. The molecular formula is C22H20N4O3. The minimum atomic E-state index is -0.0635. The lowest BCUT2D eigenvalue weighted by atomic mass is 10.1. The zero-order valence-electron chi connectivity index (χ0n) is 16.2. The van der Waals surface area contributed by atoms with Crippen molar-refractivity contribution >= 4 is 0 Å². The molecule has 7 heteroatoms. The molecule has 0 saturated carbocycles. The zero-order chi connectivity index (χ0) is 19.8. The van der Waals surface area contributed by atoms with Gasteiger partial charge < -0.3 is 14.0 Å². The molecule has 0 saturated heterocycles. The molecule has 7 nitrogen and oxygen atoms in total. The van der Waals surface area contributed by atoms with E-state index in [1.165, 1.54) is 0 Å². The Hall–Kier alpha value is -3.45. The number of fused-ring (bicyclic) bond motifs is 1. The fourth-order valence-corrected chi connectivity index (χ4v) is 3.51. The van der Waals surface area contributed by atoms with Crippen LogP contribution in [0.2, 0.25) is 0 Å². The van der Waals surface area contributed by atoms with Crippen LogP contribution in [-0.4, -0.2) is 27.0 Å². The maximum absolute atomic E-state index is 6.04. The highest BCUT2D eigenvalue weighted by molar-refractivity contribution is 5.61. The van der Waals surface area contributed by atoms with Gasteiger partial charge in [-0.05, 0) is 36.2 Å². The normalized spacial score (nSPS) is 15.9. The smallest absolute Gasteiger partial charge is 0.278 e. The van der Waals surface area contributed by atoms with Gasteiger partial charge in [0.1, 0.15) is 11.9 Å². The first-order valence-corrected chi connectivity index (χ1v) is 9.43. The number of nitrogens with zero attached hydrogens (tertiary/aromatic N) is 4. The first-order chi connectivity index (χ1) is 14.2. The molecule has 0 amide bonds. The summed E-state index contributed by atoms with van der Waals surface area (Å²) in [4.78, 5) is 4.54. The van der Waals surface area contributed by atoms with Gasteiger partial charge in [0.25, 0.3) is 5.89 Å². The standard InChI is InChI=1S/C22H20N4O3/c1-14-5-3-4-6-18(14)21-23-22(29-25-21)19-11-16-13-28-20(12-26(16)24-19)15-7-9-17(27-2)10-8-15/h3-11,20H,12-13H2,1-2H3. The first-order valence-electron chi connectivity index (χ1n) is 9.43. The maximum Gasteiger partial charge on any atom is 0.278 e. The number of aromatic nitrogens is 4. The molecule has 2 aromatic carbocycles. The SMILES string of the molecule is COc1ccc(C2Cn3nc(-c4nc(-c5ccccc5C)no4)cc3CO2)cc1. The highest BCUT2D eigenvalue weighted by Gasteiger charge is 2.24. The van der Waals surface area contributed by atoms with Crippen molar-refractivity contribution in [3.8, 4) is 28.7 Å². The van der Waals surface area contributed by atoms with E-state index in [-0.39, 0.29) is 6.10 Å².